The number of nitrogens with zero attached hydrogens (tertiary/aromatic N) is 2. The monoisotopic (exact) mass is 391 g/mol. The Morgan fingerprint density at radius 2 is 1.82 bits per heavy atom. The zero-order valence-electron chi connectivity index (χ0n) is 15.6. The Balaban J connectivity index is 1.51. The molecule has 0 radical (unpaired) electrons. The zero-order chi connectivity index (χ0) is 19.9. The number of amides is 2. The molecule has 2 saturated heterocycles. The molecule has 0 aliphatic carbocycles. The highest BCUT2D eigenvalue weighted by Gasteiger charge is 2.33. The molecular weight excluding hydrogens is 366 g/mol. The van der Waals surface area contributed by atoms with E-state index in [0.717, 1.165) is 5.56 Å². The molecule has 2 amide bonds. The molecule has 2 heterocycles. The third kappa shape index (κ3) is 5.43. The van der Waals surface area contributed by atoms with Gasteiger partial charge in [0, 0.05) is 26.2 Å². The van der Waals surface area contributed by atoms with Gasteiger partial charge in [-0.15, -0.1) is 0 Å². The molecule has 0 aromatic heterocycles. The summed E-state index contributed by atoms with van der Waals surface area (Å²) in [5, 5.41) is 11.5. The van der Waals surface area contributed by atoms with Crippen molar-refractivity contribution in [3.63, 3.8) is 0 Å². The molecule has 2 fully saturated rings. The molecule has 9 nitrogen and oxygen atoms in total. The average molecular weight is 391 g/mol. The highest BCUT2D eigenvalue weighted by atomic mass is 16.5. The molecule has 2 N–H and O–H groups in total. The molecular formula is C19H25N3O6. The summed E-state index contributed by atoms with van der Waals surface area (Å²) in [6.45, 7) is 3.87. The lowest BCUT2D eigenvalue weighted by molar-refractivity contribution is -0.144. The molecule has 0 bridgehead atoms. The third-order valence-electron chi connectivity index (χ3n) is 4.94. The largest absolute Gasteiger partial charge is 0.481 e. The first-order valence-corrected chi connectivity index (χ1v) is 9.32. The molecule has 2 aliphatic rings. The Morgan fingerprint density at radius 1 is 1.14 bits per heavy atom. The number of alkyl carbamates (subject to hydrolysis) is 1. The first-order valence-electron chi connectivity index (χ1n) is 9.32. The minimum absolute atomic E-state index is 0.0444. The van der Waals surface area contributed by atoms with Crippen LogP contribution in [0.4, 0.5) is 4.79 Å². The van der Waals surface area contributed by atoms with E-state index in [1.807, 2.05) is 18.2 Å². The topological polar surface area (TPSA) is 108 Å². The fraction of sp³-hybridized carbons (Fsp3) is 0.526. The Labute approximate surface area is 163 Å². The second-order valence-corrected chi connectivity index (χ2v) is 6.91. The Bertz CT molecular complexity index is 686. The zero-order valence-corrected chi connectivity index (χ0v) is 15.6. The van der Waals surface area contributed by atoms with Crippen LogP contribution < -0.4 is 5.32 Å². The first kappa shape index (κ1) is 20.1. The lowest BCUT2D eigenvalue weighted by atomic mass is 10.1. The number of nitrogens with one attached hydrogen (secondary N) is 1. The molecule has 152 valence electrons. The fourth-order valence-electron chi connectivity index (χ4n) is 3.24. The van der Waals surface area contributed by atoms with Crippen molar-refractivity contribution in [2.24, 2.45) is 0 Å². The summed E-state index contributed by atoms with van der Waals surface area (Å²) in [4.78, 5) is 39.8. The van der Waals surface area contributed by atoms with E-state index in [1.165, 1.54) is 0 Å². The number of benzene rings is 1. The van der Waals surface area contributed by atoms with E-state index >= 15 is 0 Å². The standard InChI is InChI=1S/C19H25N3O6/c23-17(24)10-16(20-19(26)28-11-14-4-2-1-3-5-14)18(25)22-8-6-21(7-9-22)15-12-27-13-15/h1-5,15-16H,6-13H2,(H,20,26)(H,23,24). The van der Waals surface area contributed by atoms with E-state index in [9.17, 15) is 14.4 Å². The number of piperazine rings is 1. The van der Waals surface area contributed by atoms with Crippen molar-refractivity contribution < 1.29 is 29.0 Å². The van der Waals surface area contributed by atoms with Crippen LogP contribution >= 0.6 is 0 Å². The van der Waals surface area contributed by atoms with E-state index in [-0.39, 0.29) is 6.61 Å². The maximum absolute atomic E-state index is 12.8. The second kappa shape index (κ2) is 9.52. The highest BCUT2D eigenvalue weighted by Crippen LogP contribution is 2.14. The van der Waals surface area contributed by atoms with Gasteiger partial charge in [-0.3, -0.25) is 14.5 Å². The third-order valence-corrected chi connectivity index (χ3v) is 4.94. The van der Waals surface area contributed by atoms with Crippen molar-refractivity contribution in [1.29, 1.82) is 0 Å². The summed E-state index contributed by atoms with van der Waals surface area (Å²) in [6, 6.07) is 8.35. The molecule has 1 unspecified atom stereocenters. The van der Waals surface area contributed by atoms with Gasteiger partial charge < -0.3 is 24.8 Å². The van der Waals surface area contributed by atoms with Crippen LogP contribution in [-0.4, -0.2) is 84.4 Å². The lowest BCUT2D eigenvalue weighted by Gasteiger charge is -2.43. The van der Waals surface area contributed by atoms with Crippen LogP contribution in [0.2, 0.25) is 0 Å². The maximum atomic E-state index is 12.8. The fourth-order valence-corrected chi connectivity index (χ4v) is 3.24. The van der Waals surface area contributed by atoms with Crippen molar-refractivity contribution in [1.82, 2.24) is 15.1 Å². The second-order valence-electron chi connectivity index (χ2n) is 6.91. The first-order chi connectivity index (χ1) is 13.5. The lowest BCUT2D eigenvalue weighted by Crippen LogP contribution is -2.59. The predicted molar refractivity (Wildman–Crippen MR) is 98.6 cm³/mol. The SMILES string of the molecule is O=C(O)CC(NC(=O)OCc1ccccc1)C(=O)N1CCN(C2COC2)CC1. The Morgan fingerprint density at radius 3 is 2.39 bits per heavy atom. The van der Waals surface area contributed by atoms with E-state index in [4.69, 9.17) is 14.6 Å². The van der Waals surface area contributed by atoms with Gasteiger partial charge in [-0.25, -0.2) is 4.79 Å². The molecule has 9 heteroatoms. The van der Waals surface area contributed by atoms with Crippen LogP contribution in [0.15, 0.2) is 30.3 Å². The van der Waals surface area contributed by atoms with Crippen molar-refractivity contribution in [2.75, 3.05) is 39.4 Å². The van der Waals surface area contributed by atoms with Gasteiger partial charge >= 0.3 is 12.1 Å². The van der Waals surface area contributed by atoms with Gasteiger partial charge in [-0.2, -0.15) is 0 Å². The van der Waals surface area contributed by atoms with E-state index in [2.05, 4.69) is 10.2 Å². The number of hydrogen-bond donors (Lipinski definition) is 2. The molecule has 1 atom stereocenters. The number of hydrogen-bond acceptors (Lipinski definition) is 6. The minimum Gasteiger partial charge on any atom is -0.481 e. The molecule has 1 aromatic carbocycles. The van der Waals surface area contributed by atoms with Crippen molar-refractivity contribution in [2.45, 2.75) is 25.1 Å². The smallest absolute Gasteiger partial charge is 0.408 e. The Kier molecular flexibility index (Phi) is 6.83. The van der Waals surface area contributed by atoms with Gasteiger partial charge in [0.2, 0.25) is 5.91 Å². The van der Waals surface area contributed by atoms with Gasteiger partial charge in [0.25, 0.3) is 0 Å². The summed E-state index contributed by atoms with van der Waals surface area (Å²) < 4.78 is 10.3. The molecule has 1 aromatic rings. The van der Waals surface area contributed by atoms with Crippen molar-refractivity contribution in [3.8, 4) is 0 Å². The summed E-state index contributed by atoms with van der Waals surface area (Å²) in [6.07, 6.45) is -1.30. The minimum atomic E-state index is -1.16. The van der Waals surface area contributed by atoms with Crippen LogP contribution in [-0.2, 0) is 25.7 Å². The van der Waals surface area contributed by atoms with E-state index < -0.39 is 30.4 Å². The Hall–Kier alpha value is -2.65. The predicted octanol–water partition coefficient (Wildman–Crippen LogP) is 0.299. The van der Waals surface area contributed by atoms with Crippen LogP contribution in [0.5, 0.6) is 0 Å². The van der Waals surface area contributed by atoms with Crippen LogP contribution in [0.25, 0.3) is 0 Å². The number of aliphatic carboxylic acids is 1. The molecule has 0 saturated carbocycles. The molecule has 0 spiro atoms. The van der Waals surface area contributed by atoms with Crippen molar-refractivity contribution >= 4 is 18.0 Å². The van der Waals surface area contributed by atoms with Gasteiger partial charge in [0.15, 0.2) is 0 Å². The number of carboxylic acids is 1. The van der Waals surface area contributed by atoms with Crippen LogP contribution in [0.3, 0.4) is 0 Å². The number of carbonyl (C=O) groups is 3. The average Bonchev–Trinajstić information content (AvgIpc) is 2.65. The van der Waals surface area contributed by atoms with Gasteiger partial charge in [-0.1, -0.05) is 30.3 Å². The van der Waals surface area contributed by atoms with Crippen molar-refractivity contribution in [3.05, 3.63) is 35.9 Å². The summed E-state index contributed by atoms with van der Waals surface area (Å²) in [5.74, 6) is -1.56. The van der Waals surface area contributed by atoms with Gasteiger partial charge in [0.05, 0.1) is 25.7 Å². The summed E-state index contributed by atoms with van der Waals surface area (Å²) >= 11 is 0. The number of rotatable bonds is 7. The maximum Gasteiger partial charge on any atom is 0.408 e. The normalized spacial score (nSPS) is 18.8. The summed E-state index contributed by atoms with van der Waals surface area (Å²) in [7, 11) is 0. The number of carbonyl (C=O) groups excluding carboxylic acids is 2. The molecule has 2 aliphatic heterocycles. The van der Waals surface area contributed by atoms with E-state index in [1.54, 1.807) is 17.0 Å². The number of carboxylic acid groups (broad SMARTS) is 1. The van der Waals surface area contributed by atoms with E-state index in [0.29, 0.717) is 45.4 Å². The van der Waals surface area contributed by atoms with Crippen LogP contribution in [0.1, 0.15) is 12.0 Å². The highest BCUT2D eigenvalue weighted by molar-refractivity contribution is 5.89. The molecule has 3 rings (SSSR count). The summed E-state index contributed by atoms with van der Waals surface area (Å²) in [5.41, 5.74) is 0.801. The van der Waals surface area contributed by atoms with Crippen LogP contribution in [0, 0.1) is 0 Å². The quantitative estimate of drug-likeness (QED) is 0.688. The molecule has 28 heavy (non-hydrogen) atoms. The number of ether oxygens (including phenoxy) is 2. The van der Waals surface area contributed by atoms with Gasteiger partial charge in [0.1, 0.15) is 12.6 Å². The van der Waals surface area contributed by atoms with Gasteiger partial charge in [-0.05, 0) is 5.56 Å².